The van der Waals surface area contributed by atoms with Gasteiger partial charge in [0.2, 0.25) is 5.78 Å². The summed E-state index contributed by atoms with van der Waals surface area (Å²) in [5.41, 5.74) is 6.09. The number of nitrogens with one attached hydrogen (secondary N) is 1. The summed E-state index contributed by atoms with van der Waals surface area (Å²) in [5.74, 6) is -0.0654. The largest absolute Gasteiger partial charge is 0.352 e. The molecular formula is C20H12AlN4O. The number of hydrogen-bond donors (Lipinski definition) is 1. The number of ketones is 1. The predicted molar refractivity (Wildman–Crippen MR) is 104 cm³/mol. The van der Waals surface area contributed by atoms with Gasteiger partial charge < -0.3 is 5.32 Å². The first-order chi connectivity index (χ1) is 12.2. The highest BCUT2D eigenvalue weighted by atomic mass is 27.0. The third kappa shape index (κ3) is 3.08. The maximum Gasteiger partial charge on any atom is 0.204 e. The van der Waals surface area contributed by atoms with Gasteiger partial charge in [-0.25, -0.2) is 15.0 Å². The Kier molecular flexibility index (Phi) is 4.00. The minimum absolute atomic E-state index is 0. The highest BCUT2D eigenvalue weighted by Crippen LogP contribution is 2.20. The zero-order valence-corrected chi connectivity index (χ0v) is 14.8. The average Bonchev–Trinajstić information content (AvgIpc) is 3.33. The minimum Gasteiger partial charge on any atom is -0.352 e. The van der Waals surface area contributed by atoms with Crippen molar-refractivity contribution in [3.8, 4) is 0 Å². The molecular weight excluding hydrogens is 339 g/mol. The Balaban J connectivity index is 0.00000168. The molecule has 0 amide bonds. The third-order valence-corrected chi connectivity index (χ3v) is 4.07. The van der Waals surface area contributed by atoms with E-state index in [4.69, 9.17) is 0 Å². The van der Waals surface area contributed by atoms with Gasteiger partial charge in [0.15, 0.2) is 0 Å². The fourth-order valence-corrected chi connectivity index (χ4v) is 2.93. The number of carbonyl (C=O) groups is 1. The molecule has 0 unspecified atom stereocenters. The lowest BCUT2D eigenvalue weighted by Gasteiger charge is -2.00. The molecule has 1 N–H and O–H groups in total. The van der Waals surface area contributed by atoms with Crippen molar-refractivity contribution < 1.29 is 4.79 Å². The molecule has 5 aliphatic rings. The van der Waals surface area contributed by atoms with Gasteiger partial charge in [0.1, 0.15) is 0 Å². The Bertz CT molecular complexity index is 1070. The second-order valence-electron chi connectivity index (χ2n) is 5.96. The van der Waals surface area contributed by atoms with Crippen molar-refractivity contribution in [1.29, 1.82) is 0 Å². The van der Waals surface area contributed by atoms with Gasteiger partial charge in [0.05, 0.1) is 39.9 Å². The SMILES string of the molecule is O=C1C=C2C=C3C=CC(=N3)C=C3C=CC(=N3)C=C3C=CC(=N3)C=C1N2.[Al]. The van der Waals surface area contributed by atoms with Crippen molar-refractivity contribution >= 4 is 40.3 Å². The summed E-state index contributed by atoms with van der Waals surface area (Å²) < 4.78 is 0. The molecule has 0 aromatic heterocycles. The van der Waals surface area contributed by atoms with E-state index in [2.05, 4.69) is 20.3 Å². The Morgan fingerprint density at radius 2 is 1.12 bits per heavy atom. The van der Waals surface area contributed by atoms with Gasteiger partial charge in [-0.2, -0.15) is 0 Å². The molecule has 26 heavy (non-hydrogen) atoms. The van der Waals surface area contributed by atoms with Crippen molar-refractivity contribution in [1.82, 2.24) is 5.32 Å². The Hall–Kier alpha value is -3.07. The molecule has 5 rings (SSSR count). The molecule has 0 spiro atoms. The summed E-state index contributed by atoms with van der Waals surface area (Å²) in [7, 11) is 0. The van der Waals surface area contributed by atoms with Crippen LogP contribution < -0.4 is 5.32 Å². The molecule has 5 heterocycles. The maximum absolute atomic E-state index is 12.2. The lowest BCUT2D eigenvalue weighted by Crippen LogP contribution is -2.10. The number of allylic oxidation sites excluding steroid dienone is 11. The maximum atomic E-state index is 12.2. The van der Waals surface area contributed by atoms with Crippen molar-refractivity contribution in [2.75, 3.05) is 0 Å². The molecule has 5 nitrogen and oxygen atoms in total. The van der Waals surface area contributed by atoms with Crippen molar-refractivity contribution in [2.24, 2.45) is 15.0 Å². The van der Waals surface area contributed by atoms with E-state index < -0.39 is 0 Å². The average molecular weight is 351 g/mol. The van der Waals surface area contributed by atoms with E-state index in [9.17, 15) is 4.79 Å². The van der Waals surface area contributed by atoms with Gasteiger partial charge in [0.25, 0.3) is 0 Å². The molecule has 0 saturated carbocycles. The summed E-state index contributed by atoms with van der Waals surface area (Å²) in [6.45, 7) is 0. The van der Waals surface area contributed by atoms with E-state index in [1.165, 1.54) is 0 Å². The van der Waals surface area contributed by atoms with Crippen LogP contribution in [0.2, 0.25) is 0 Å². The summed E-state index contributed by atoms with van der Waals surface area (Å²) >= 11 is 0. The Labute approximate surface area is 160 Å². The fraction of sp³-hybridized carbons (Fsp3) is 0. The summed E-state index contributed by atoms with van der Waals surface area (Å²) in [5, 5.41) is 3.13. The molecule has 0 aromatic rings. The van der Waals surface area contributed by atoms with E-state index in [-0.39, 0.29) is 23.1 Å². The van der Waals surface area contributed by atoms with Crippen LogP contribution in [0.3, 0.4) is 0 Å². The number of fused-ring (bicyclic) bond motifs is 5. The Morgan fingerprint density at radius 3 is 1.69 bits per heavy atom. The van der Waals surface area contributed by atoms with Gasteiger partial charge >= 0.3 is 0 Å². The molecule has 121 valence electrons. The lowest BCUT2D eigenvalue weighted by molar-refractivity contribution is -0.111. The van der Waals surface area contributed by atoms with Crippen LogP contribution in [0.1, 0.15) is 0 Å². The normalized spacial score (nSPS) is 21.8. The molecule has 6 heteroatoms. The summed E-state index contributed by atoms with van der Waals surface area (Å²) in [6, 6.07) is 0. The number of hydrogen-bond acceptors (Lipinski definition) is 5. The number of aliphatic imine (C=N–C) groups is 3. The van der Waals surface area contributed by atoms with Crippen LogP contribution in [0.15, 0.2) is 110 Å². The highest BCUT2D eigenvalue weighted by molar-refractivity contribution is 6.16. The first kappa shape index (κ1) is 16.4. The molecule has 0 aliphatic carbocycles. The van der Waals surface area contributed by atoms with Gasteiger partial charge in [-0.1, -0.05) is 0 Å². The summed E-state index contributed by atoms with van der Waals surface area (Å²) in [4.78, 5) is 25.8. The van der Waals surface area contributed by atoms with E-state index in [1.54, 1.807) is 12.2 Å². The zero-order valence-electron chi connectivity index (χ0n) is 13.7. The standard InChI is InChI=1S/C20H12N4O.Al/c25-20-11-18-9-16-4-3-14(22-16)7-12-1-2-13(21-12)8-15-5-6-17(23-15)10-19(20)24-18;/h1-11,24H;. The van der Waals surface area contributed by atoms with Gasteiger partial charge in [-0.15, -0.1) is 0 Å². The highest BCUT2D eigenvalue weighted by Gasteiger charge is 2.18. The van der Waals surface area contributed by atoms with Crippen LogP contribution in [0, 0.1) is 0 Å². The van der Waals surface area contributed by atoms with Crippen LogP contribution in [-0.4, -0.2) is 40.3 Å². The number of rotatable bonds is 0. The van der Waals surface area contributed by atoms with Crippen LogP contribution >= 0.6 is 0 Å². The van der Waals surface area contributed by atoms with Crippen LogP contribution in [0.4, 0.5) is 0 Å². The summed E-state index contributed by atoms with van der Waals surface area (Å²) in [6.07, 6.45) is 20.6. The molecule has 8 bridgehead atoms. The third-order valence-electron chi connectivity index (χ3n) is 4.07. The van der Waals surface area contributed by atoms with Crippen molar-refractivity contribution in [3.63, 3.8) is 0 Å². The Morgan fingerprint density at radius 1 is 0.615 bits per heavy atom. The molecule has 0 aromatic carbocycles. The molecule has 0 atom stereocenters. The van der Waals surface area contributed by atoms with E-state index in [1.807, 2.05) is 54.7 Å². The quantitative estimate of drug-likeness (QED) is 0.680. The van der Waals surface area contributed by atoms with E-state index in [0.717, 1.165) is 39.9 Å². The van der Waals surface area contributed by atoms with Crippen molar-refractivity contribution in [2.45, 2.75) is 0 Å². The smallest absolute Gasteiger partial charge is 0.204 e. The van der Waals surface area contributed by atoms with E-state index >= 15 is 0 Å². The first-order valence-corrected chi connectivity index (χ1v) is 7.91. The second-order valence-corrected chi connectivity index (χ2v) is 5.96. The lowest BCUT2D eigenvalue weighted by atomic mass is 10.2. The number of nitrogens with zero attached hydrogens (tertiary/aromatic N) is 3. The van der Waals surface area contributed by atoms with Gasteiger partial charge in [-0.3, -0.25) is 4.79 Å². The molecule has 0 saturated heterocycles. The topological polar surface area (TPSA) is 66.2 Å². The van der Waals surface area contributed by atoms with E-state index in [0.29, 0.717) is 5.70 Å². The zero-order chi connectivity index (χ0) is 16.8. The number of carbonyl (C=O) groups excluding carboxylic acids is 1. The first-order valence-electron chi connectivity index (χ1n) is 7.91. The molecule has 5 aliphatic heterocycles. The fourth-order valence-electron chi connectivity index (χ4n) is 2.93. The van der Waals surface area contributed by atoms with Crippen LogP contribution in [0.25, 0.3) is 0 Å². The monoisotopic (exact) mass is 351 g/mol. The predicted octanol–water partition coefficient (Wildman–Crippen LogP) is 2.24. The molecule has 3 radical (unpaired) electrons. The van der Waals surface area contributed by atoms with Crippen molar-refractivity contribution in [3.05, 3.63) is 95.3 Å². The van der Waals surface area contributed by atoms with Gasteiger partial charge in [0, 0.05) is 29.1 Å². The van der Waals surface area contributed by atoms with Crippen LogP contribution in [-0.2, 0) is 4.79 Å². The van der Waals surface area contributed by atoms with Gasteiger partial charge in [-0.05, 0) is 60.8 Å². The minimum atomic E-state index is -0.0654. The van der Waals surface area contributed by atoms with Crippen LogP contribution in [0.5, 0.6) is 0 Å². The molecule has 0 fully saturated rings. The second kappa shape index (κ2) is 6.34.